The molecule has 3 heterocycles. The molecule has 2 aliphatic rings. The molecular weight excluding hydrogens is 371 g/mol. The van der Waals surface area contributed by atoms with Crippen molar-refractivity contribution >= 4 is 17.2 Å². The monoisotopic (exact) mass is 390 g/mol. The molecule has 2 atom stereocenters. The zero-order chi connectivity index (χ0) is 20.0. The highest BCUT2D eigenvalue weighted by atomic mass is 19.1. The highest BCUT2D eigenvalue weighted by molar-refractivity contribution is 6.20. The molecule has 7 nitrogen and oxygen atoms in total. The number of halogens is 1. The Morgan fingerprint density at radius 3 is 2.86 bits per heavy atom. The van der Waals surface area contributed by atoms with E-state index in [1.165, 1.54) is 18.5 Å². The van der Waals surface area contributed by atoms with Gasteiger partial charge >= 0.3 is 0 Å². The fraction of sp³-hybridized carbons (Fsp3) is 0.238. The van der Waals surface area contributed by atoms with Gasteiger partial charge in [-0.1, -0.05) is 30.3 Å². The number of rotatable bonds is 3. The lowest BCUT2D eigenvalue weighted by Gasteiger charge is -2.28. The van der Waals surface area contributed by atoms with Crippen LogP contribution >= 0.6 is 0 Å². The van der Waals surface area contributed by atoms with E-state index in [1.54, 1.807) is 0 Å². The molecule has 1 aromatic heterocycles. The first-order valence-electron chi connectivity index (χ1n) is 9.53. The second-order valence-electron chi connectivity index (χ2n) is 7.07. The van der Waals surface area contributed by atoms with Crippen LogP contribution in [0.3, 0.4) is 0 Å². The molecule has 146 valence electrons. The normalized spacial score (nSPS) is 20.5. The third kappa shape index (κ3) is 2.84. The summed E-state index contributed by atoms with van der Waals surface area (Å²) in [5, 5.41) is 4.34. The van der Waals surface area contributed by atoms with Crippen molar-refractivity contribution in [1.29, 1.82) is 0 Å². The number of nitrogens with one attached hydrogen (secondary N) is 2. The molecule has 0 saturated heterocycles. The van der Waals surface area contributed by atoms with Gasteiger partial charge in [0, 0.05) is 17.7 Å². The van der Waals surface area contributed by atoms with Gasteiger partial charge in [0.1, 0.15) is 24.5 Å². The Morgan fingerprint density at radius 1 is 1.24 bits per heavy atom. The first kappa shape index (κ1) is 17.7. The van der Waals surface area contributed by atoms with Gasteiger partial charge in [0.2, 0.25) is 0 Å². The third-order valence-corrected chi connectivity index (χ3v) is 5.42. The summed E-state index contributed by atoms with van der Waals surface area (Å²) < 4.78 is 16.1. The Bertz CT molecular complexity index is 1120. The lowest BCUT2D eigenvalue weighted by atomic mass is 9.82. The van der Waals surface area contributed by atoms with Gasteiger partial charge in [-0.15, -0.1) is 0 Å². The predicted octanol–water partition coefficient (Wildman–Crippen LogP) is 2.88. The summed E-state index contributed by atoms with van der Waals surface area (Å²) in [6.45, 7) is 2.64. The van der Waals surface area contributed by atoms with Crippen molar-refractivity contribution in [2.24, 2.45) is 4.99 Å². The molecule has 29 heavy (non-hydrogen) atoms. The largest absolute Gasteiger partial charge is 0.320 e. The highest BCUT2D eigenvalue weighted by Gasteiger charge is 2.40. The minimum Gasteiger partial charge on any atom is -0.320 e. The predicted molar refractivity (Wildman–Crippen MR) is 107 cm³/mol. The van der Waals surface area contributed by atoms with Crippen molar-refractivity contribution in [3.8, 4) is 0 Å². The standard InChI is InChI=1S/C21H19FN6O/c1-2-28-21(24-11-25-28)18-19(12-6-4-3-5-7-12)27-26-15-9-13(22)8-14-16(29)10-23-20(18)17(14)15/h3-9,11,18-19,26-27H,2,10H2,1H3. The Hall–Kier alpha value is -3.39. The van der Waals surface area contributed by atoms with Crippen LogP contribution in [0.25, 0.3) is 0 Å². The first-order chi connectivity index (χ1) is 14.2. The van der Waals surface area contributed by atoms with Crippen LogP contribution in [0.4, 0.5) is 10.1 Å². The quantitative estimate of drug-likeness (QED) is 0.718. The van der Waals surface area contributed by atoms with E-state index in [-0.39, 0.29) is 24.3 Å². The number of nitrogens with zero attached hydrogens (tertiary/aromatic N) is 4. The van der Waals surface area contributed by atoms with Crippen LogP contribution < -0.4 is 10.9 Å². The van der Waals surface area contributed by atoms with Crippen LogP contribution in [-0.2, 0) is 6.54 Å². The molecule has 0 radical (unpaired) electrons. The van der Waals surface area contributed by atoms with E-state index in [0.29, 0.717) is 29.1 Å². The number of aliphatic imine (C=N–C) groups is 1. The summed E-state index contributed by atoms with van der Waals surface area (Å²) in [5.41, 5.74) is 9.64. The van der Waals surface area contributed by atoms with E-state index in [4.69, 9.17) is 0 Å². The SMILES string of the molecule is CCn1ncnc1C1C2=NCC(=O)c3cc(F)cc(c32)NNC1c1ccccc1. The van der Waals surface area contributed by atoms with Crippen molar-refractivity contribution in [3.63, 3.8) is 0 Å². The number of hydrogen-bond donors (Lipinski definition) is 2. The summed E-state index contributed by atoms with van der Waals surface area (Å²) in [5.74, 6) is -0.230. The highest BCUT2D eigenvalue weighted by Crippen LogP contribution is 2.40. The zero-order valence-electron chi connectivity index (χ0n) is 15.8. The topological polar surface area (TPSA) is 84.2 Å². The van der Waals surface area contributed by atoms with Gasteiger partial charge in [0.25, 0.3) is 0 Å². The zero-order valence-corrected chi connectivity index (χ0v) is 15.8. The minimum atomic E-state index is -0.464. The van der Waals surface area contributed by atoms with Gasteiger partial charge < -0.3 is 5.43 Å². The molecule has 2 aromatic carbocycles. The number of Topliss-reactive ketones (excluding diaryl/α,β-unsaturated/α-hetero) is 1. The minimum absolute atomic E-state index is 0.0104. The first-order valence-corrected chi connectivity index (χ1v) is 9.53. The molecule has 0 bridgehead atoms. The molecule has 0 amide bonds. The maximum absolute atomic E-state index is 14.2. The Kier molecular flexibility index (Phi) is 4.21. The third-order valence-electron chi connectivity index (χ3n) is 5.42. The summed E-state index contributed by atoms with van der Waals surface area (Å²) in [6.07, 6.45) is 1.53. The van der Waals surface area contributed by atoms with Gasteiger partial charge in [-0.2, -0.15) is 5.10 Å². The van der Waals surface area contributed by atoms with E-state index in [9.17, 15) is 9.18 Å². The molecule has 0 aliphatic carbocycles. The summed E-state index contributed by atoms with van der Waals surface area (Å²) in [7, 11) is 0. The molecule has 2 N–H and O–H groups in total. The van der Waals surface area contributed by atoms with Crippen molar-refractivity contribution in [2.45, 2.75) is 25.4 Å². The van der Waals surface area contributed by atoms with Crippen LogP contribution in [-0.4, -0.2) is 32.8 Å². The number of ketones is 1. The summed E-state index contributed by atoms with van der Waals surface area (Å²) >= 11 is 0. The summed E-state index contributed by atoms with van der Waals surface area (Å²) in [6, 6.07) is 12.4. The van der Waals surface area contributed by atoms with E-state index in [0.717, 1.165) is 11.4 Å². The van der Waals surface area contributed by atoms with E-state index >= 15 is 0 Å². The Labute approximate surface area is 166 Å². The maximum Gasteiger partial charge on any atom is 0.185 e. The van der Waals surface area contributed by atoms with Crippen LogP contribution in [0.2, 0.25) is 0 Å². The molecule has 2 unspecified atom stereocenters. The van der Waals surface area contributed by atoms with Crippen molar-refractivity contribution in [1.82, 2.24) is 20.2 Å². The number of aryl methyl sites for hydroxylation is 1. The van der Waals surface area contributed by atoms with E-state index in [2.05, 4.69) is 25.9 Å². The lowest BCUT2D eigenvalue weighted by Crippen LogP contribution is -2.34. The average molecular weight is 390 g/mol. The van der Waals surface area contributed by atoms with Crippen LogP contribution in [0.1, 0.15) is 46.2 Å². The Morgan fingerprint density at radius 2 is 2.07 bits per heavy atom. The molecular formula is C21H19FN6O. The van der Waals surface area contributed by atoms with Gasteiger partial charge in [-0.3, -0.25) is 9.79 Å². The molecule has 0 saturated carbocycles. The van der Waals surface area contributed by atoms with Crippen LogP contribution in [0.15, 0.2) is 53.8 Å². The fourth-order valence-electron chi connectivity index (χ4n) is 4.14. The second kappa shape index (κ2) is 6.89. The molecule has 5 rings (SSSR count). The van der Waals surface area contributed by atoms with Gasteiger partial charge in [0.05, 0.1) is 23.4 Å². The average Bonchev–Trinajstić information content (AvgIpc) is 3.14. The molecule has 3 aromatic rings. The number of aromatic nitrogens is 3. The molecule has 2 aliphatic heterocycles. The van der Waals surface area contributed by atoms with E-state index < -0.39 is 5.82 Å². The van der Waals surface area contributed by atoms with Crippen LogP contribution in [0, 0.1) is 5.82 Å². The number of hydrazine groups is 1. The Balaban J connectivity index is 1.77. The van der Waals surface area contributed by atoms with E-state index in [1.807, 2.05) is 41.9 Å². The van der Waals surface area contributed by atoms with Gasteiger partial charge in [0.15, 0.2) is 5.78 Å². The molecule has 8 heteroatoms. The number of carbonyl (C=O) groups is 1. The second-order valence-corrected chi connectivity index (χ2v) is 7.07. The van der Waals surface area contributed by atoms with Crippen LogP contribution in [0.5, 0.6) is 0 Å². The number of anilines is 1. The lowest BCUT2D eigenvalue weighted by molar-refractivity contribution is 0.0999. The number of carbonyl (C=O) groups excluding carboxylic acids is 1. The molecule has 0 fully saturated rings. The van der Waals surface area contributed by atoms with Gasteiger partial charge in [-0.05, 0) is 24.6 Å². The van der Waals surface area contributed by atoms with Crippen molar-refractivity contribution in [2.75, 3.05) is 12.0 Å². The van der Waals surface area contributed by atoms with Crippen molar-refractivity contribution in [3.05, 3.63) is 77.1 Å². The fourth-order valence-corrected chi connectivity index (χ4v) is 4.14. The van der Waals surface area contributed by atoms with Crippen molar-refractivity contribution < 1.29 is 9.18 Å². The maximum atomic E-state index is 14.2. The summed E-state index contributed by atoms with van der Waals surface area (Å²) in [4.78, 5) is 21.7. The van der Waals surface area contributed by atoms with Gasteiger partial charge in [-0.25, -0.2) is 19.5 Å². The number of hydrogen-bond acceptors (Lipinski definition) is 6. The number of benzene rings is 2. The smallest absolute Gasteiger partial charge is 0.185 e. The molecule has 0 spiro atoms.